The predicted octanol–water partition coefficient (Wildman–Crippen LogP) is 2.70. The third-order valence-corrected chi connectivity index (χ3v) is 3.30. The van der Waals surface area contributed by atoms with Crippen molar-refractivity contribution in [3.63, 3.8) is 0 Å². The first-order valence-corrected chi connectivity index (χ1v) is 6.41. The van der Waals surface area contributed by atoms with Crippen LogP contribution in [0.4, 0.5) is 10.2 Å². The first-order valence-electron chi connectivity index (χ1n) is 5.62. The predicted molar refractivity (Wildman–Crippen MR) is 73.9 cm³/mol. The number of nitrogens with two attached hydrogens (primary N) is 2. The summed E-state index contributed by atoms with van der Waals surface area (Å²) < 4.78 is 15.0. The second kappa shape index (κ2) is 4.97. The van der Waals surface area contributed by atoms with Gasteiger partial charge in [-0.3, -0.25) is 0 Å². The quantitative estimate of drug-likeness (QED) is 0.856. The molecule has 1 aromatic heterocycles. The monoisotopic (exact) mass is 312 g/mol. The molecule has 0 amide bonds. The normalized spacial score (nSPS) is 10.8. The van der Waals surface area contributed by atoms with E-state index in [1.165, 1.54) is 10.7 Å². The van der Waals surface area contributed by atoms with Crippen LogP contribution in [0.5, 0.6) is 0 Å². The van der Waals surface area contributed by atoms with Gasteiger partial charge >= 0.3 is 0 Å². The molecule has 0 unspecified atom stereocenters. The number of imidazole rings is 1. The van der Waals surface area contributed by atoms with Gasteiger partial charge in [0, 0.05) is 12.0 Å². The maximum absolute atomic E-state index is 13.2. The maximum atomic E-state index is 13.2. The van der Waals surface area contributed by atoms with Crippen molar-refractivity contribution in [2.24, 2.45) is 0 Å². The van der Waals surface area contributed by atoms with Crippen LogP contribution in [0.3, 0.4) is 0 Å². The van der Waals surface area contributed by atoms with E-state index in [1.54, 1.807) is 12.1 Å². The van der Waals surface area contributed by atoms with Gasteiger partial charge in [0.05, 0.1) is 4.47 Å². The van der Waals surface area contributed by atoms with Crippen molar-refractivity contribution in [1.82, 2.24) is 9.66 Å². The molecule has 0 aliphatic carbocycles. The molecule has 18 heavy (non-hydrogen) atoms. The Hall–Kier alpha value is -1.56. The molecule has 0 radical (unpaired) electrons. The Morgan fingerprint density at radius 3 is 2.78 bits per heavy atom. The van der Waals surface area contributed by atoms with Gasteiger partial charge in [-0.05, 0) is 40.5 Å². The van der Waals surface area contributed by atoms with Crippen LogP contribution in [0.25, 0.3) is 11.3 Å². The summed E-state index contributed by atoms with van der Waals surface area (Å²) in [4.78, 5) is 4.41. The second-order valence-corrected chi connectivity index (χ2v) is 4.87. The summed E-state index contributed by atoms with van der Waals surface area (Å²) >= 11 is 3.14. The minimum atomic E-state index is -0.321. The van der Waals surface area contributed by atoms with E-state index >= 15 is 0 Å². The van der Waals surface area contributed by atoms with Crippen molar-refractivity contribution < 1.29 is 4.39 Å². The number of rotatable bonds is 3. The topological polar surface area (TPSA) is 69.9 Å². The van der Waals surface area contributed by atoms with Crippen LogP contribution in [0.1, 0.15) is 19.2 Å². The standard InChI is InChI=1S/C12H14BrFN4/c1-2-3-10-17-11(12(15)18(10)16)7-4-5-9(14)8(13)6-7/h4-6H,2-3,15-16H2,1H3. The van der Waals surface area contributed by atoms with Crippen LogP contribution >= 0.6 is 15.9 Å². The average Bonchev–Trinajstić information content (AvgIpc) is 2.62. The fraction of sp³-hybridized carbons (Fsp3) is 0.250. The Balaban J connectivity index is 2.50. The Kier molecular flexibility index (Phi) is 3.56. The van der Waals surface area contributed by atoms with Gasteiger partial charge in [0.25, 0.3) is 0 Å². The highest BCUT2D eigenvalue weighted by Crippen LogP contribution is 2.28. The van der Waals surface area contributed by atoms with Crippen LogP contribution in [0.2, 0.25) is 0 Å². The van der Waals surface area contributed by atoms with Gasteiger partial charge in [0.1, 0.15) is 17.3 Å². The fourth-order valence-electron chi connectivity index (χ4n) is 1.75. The van der Waals surface area contributed by atoms with Gasteiger partial charge in [0.2, 0.25) is 0 Å². The average molecular weight is 313 g/mol. The number of benzene rings is 1. The van der Waals surface area contributed by atoms with Crippen molar-refractivity contribution in [2.75, 3.05) is 11.6 Å². The summed E-state index contributed by atoms with van der Waals surface area (Å²) in [5, 5.41) is 0. The van der Waals surface area contributed by atoms with Crippen LogP contribution < -0.4 is 11.6 Å². The molecular formula is C12H14BrFN4. The van der Waals surface area contributed by atoms with E-state index in [0.717, 1.165) is 24.2 Å². The lowest BCUT2D eigenvalue weighted by molar-refractivity contribution is 0.621. The molecule has 0 saturated heterocycles. The summed E-state index contributed by atoms with van der Waals surface area (Å²) in [6, 6.07) is 4.64. The molecule has 2 aromatic rings. The van der Waals surface area contributed by atoms with E-state index in [2.05, 4.69) is 20.9 Å². The molecule has 1 heterocycles. The van der Waals surface area contributed by atoms with Crippen molar-refractivity contribution in [2.45, 2.75) is 19.8 Å². The Morgan fingerprint density at radius 2 is 2.17 bits per heavy atom. The largest absolute Gasteiger partial charge is 0.382 e. The number of nitrogen functional groups attached to an aromatic ring is 2. The minimum absolute atomic E-state index is 0.321. The molecule has 6 heteroatoms. The van der Waals surface area contributed by atoms with Gasteiger partial charge < -0.3 is 11.6 Å². The third-order valence-electron chi connectivity index (χ3n) is 2.69. The highest BCUT2D eigenvalue weighted by Gasteiger charge is 2.14. The molecule has 1 aromatic carbocycles. The molecule has 0 bridgehead atoms. The summed E-state index contributed by atoms with van der Waals surface area (Å²) in [5.74, 6) is 6.63. The molecule has 0 fully saturated rings. The summed E-state index contributed by atoms with van der Waals surface area (Å²) in [6.07, 6.45) is 1.68. The SMILES string of the molecule is CCCc1nc(-c2ccc(F)c(Br)c2)c(N)n1N. The van der Waals surface area contributed by atoms with E-state index in [0.29, 0.717) is 16.0 Å². The van der Waals surface area contributed by atoms with E-state index in [1.807, 2.05) is 6.92 Å². The van der Waals surface area contributed by atoms with Crippen molar-refractivity contribution >= 4 is 21.7 Å². The molecule has 0 spiro atoms. The molecule has 0 atom stereocenters. The number of aromatic nitrogens is 2. The Bertz CT molecular complexity index is 580. The van der Waals surface area contributed by atoms with Gasteiger partial charge in [-0.15, -0.1) is 0 Å². The molecule has 0 aliphatic heterocycles. The van der Waals surface area contributed by atoms with Crippen molar-refractivity contribution in [3.8, 4) is 11.3 Å². The smallest absolute Gasteiger partial charge is 0.150 e. The number of hydrogen-bond acceptors (Lipinski definition) is 3. The van der Waals surface area contributed by atoms with E-state index < -0.39 is 0 Å². The lowest BCUT2D eigenvalue weighted by atomic mass is 10.1. The zero-order valence-electron chi connectivity index (χ0n) is 9.95. The zero-order valence-corrected chi connectivity index (χ0v) is 11.5. The van der Waals surface area contributed by atoms with Crippen LogP contribution in [-0.4, -0.2) is 9.66 Å². The summed E-state index contributed by atoms with van der Waals surface area (Å²) in [5.41, 5.74) is 7.24. The highest BCUT2D eigenvalue weighted by atomic mass is 79.9. The number of hydrogen-bond donors (Lipinski definition) is 2. The number of aryl methyl sites for hydroxylation is 1. The fourth-order valence-corrected chi connectivity index (χ4v) is 2.13. The molecule has 4 N–H and O–H groups in total. The van der Waals surface area contributed by atoms with Gasteiger partial charge in [-0.2, -0.15) is 0 Å². The molecular weight excluding hydrogens is 299 g/mol. The minimum Gasteiger partial charge on any atom is -0.382 e. The first kappa shape index (κ1) is 12.9. The van der Waals surface area contributed by atoms with Crippen LogP contribution in [0.15, 0.2) is 22.7 Å². The molecule has 4 nitrogen and oxygen atoms in total. The Morgan fingerprint density at radius 1 is 1.44 bits per heavy atom. The highest BCUT2D eigenvalue weighted by molar-refractivity contribution is 9.10. The van der Waals surface area contributed by atoms with E-state index in [9.17, 15) is 4.39 Å². The number of nitrogens with zero attached hydrogens (tertiary/aromatic N) is 2. The van der Waals surface area contributed by atoms with Crippen LogP contribution in [0, 0.1) is 5.82 Å². The first-order chi connectivity index (χ1) is 8.54. The molecule has 2 rings (SSSR count). The summed E-state index contributed by atoms with van der Waals surface area (Å²) in [7, 11) is 0. The Labute approximate surface area is 113 Å². The van der Waals surface area contributed by atoms with E-state index in [-0.39, 0.29) is 5.82 Å². The zero-order chi connectivity index (χ0) is 13.3. The molecule has 0 aliphatic rings. The maximum Gasteiger partial charge on any atom is 0.150 e. The number of anilines is 1. The van der Waals surface area contributed by atoms with Crippen LogP contribution in [-0.2, 0) is 6.42 Å². The lowest BCUT2D eigenvalue weighted by Crippen LogP contribution is -2.15. The third kappa shape index (κ3) is 2.20. The van der Waals surface area contributed by atoms with Gasteiger partial charge in [-0.1, -0.05) is 6.92 Å². The van der Waals surface area contributed by atoms with Crippen molar-refractivity contribution in [1.29, 1.82) is 0 Å². The van der Waals surface area contributed by atoms with Gasteiger partial charge in [-0.25, -0.2) is 14.1 Å². The molecule has 0 saturated carbocycles. The molecule has 96 valence electrons. The number of halogens is 2. The summed E-state index contributed by atoms with van der Waals surface area (Å²) in [6.45, 7) is 2.04. The van der Waals surface area contributed by atoms with Gasteiger partial charge in [0.15, 0.2) is 5.82 Å². The second-order valence-electron chi connectivity index (χ2n) is 4.01. The van der Waals surface area contributed by atoms with E-state index in [4.69, 9.17) is 11.6 Å². The van der Waals surface area contributed by atoms with Crippen molar-refractivity contribution in [3.05, 3.63) is 34.3 Å². The lowest BCUT2D eigenvalue weighted by Gasteiger charge is -2.02.